The molecule has 0 atom stereocenters. The minimum absolute atomic E-state index is 0.233. The Balaban J connectivity index is 2.63. The summed E-state index contributed by atoms with van der Waals surface area (Å²) in [5.41, 5.74) is 2.38. The number of methoxy groups -OCH3 is 1. The van der Waals surface area contributed by atoms with Gasteiger partial charge in [-0.1, -0.05) is 0 Å². The molecule has 0 saturated heterocycles. The first-order valence-corrected chi connectivity index (χ1v) is 5.70. The van der Waals surface area contributed by atoms with Gasteiger partial charge >= 0.3 is 0 Å². The lowest BCUT2D eigenvalue weighted by atomic mass is 10.0. The topological polar surface area (TPSA) is 41.5 Å². The summed E-state index contributed by atoms with van der Waals surface area (Å²) in [7, 11) is 3.53. The van der Waals surface area contributed by atoms with E-state index in [2.05, 4.69) is 12.2 Å². The van der Waals surface area contributed by atoms with Crippen LogP contribution >= 0.6 is 0 Å². The van der Waals surface area contributed by atoms with Gasteiger partial charge in [-0.25, -0.2) is 0 Å². The zero-order valence-corrected chi connectivity index (χ0v) is 10.3. The van der Waals surface area contributed by atoms with Crippen molar-refractivity contribution < 1.29 is 9.84 Å². The minimum atomic E-state index is 0.233. The van der Waals surface area contributed by atoms with Crippen LogP contribution in [0.5, 0.6) is 11.5 Å². The van der Waals surface area contributed by atoms with Crippen LogP contribution in [0.25, 0.3) is 0 Å². The molecule has 0 radical (unpaired) electrons. The van der Waals surface area contributed by atoms with Crippen LogP contribution in [0.3, 0.4) is 0 Å². The van der Waals surface area contributed by atoms with Crippen molar-refractivity contribution in [2.75, 3.05) is 20.7 Å². The number of benzene rings is 1. The highest BCUT2D eigenvalue weighted by Crippen LogP contribution is 2.29. The summed E-state index contributed by atoms with van der Waals surface area (Å²) in [6, 6.07) is 3.70. The van der Waals surface area contributed by atoms with Gasteiger partial charge in [-0.05, 0) is 63.0 Å². The monoisotopic (exact) mass is 223 g/mol. The quantitative estimate of drug-likeness (QED) is 0.727. The fourth-order valence-corrected chi connectivity index (χ4v) is 1.76. The molecule has 0 heterocycles. The van der Waals surface area contributed by atoms with Gasteiger partial charge in [0.25, 0.3) is 0 Å². The zero-order valence-electron chi connectivity index (χ0n) is 10.3. The summed E-state index contributed by atoms with van der Waals surface area (Å²) in [6.07, 6.45) is 3.29. The van der Waals surface area contributed by atoms with Crippen LogP contribution in [-0.4, -0.2) is 25.8 Å². The van der Waals surface area contributed by atoms with Gasteiger partial charge in [0, 0.05) is 0 Å². The summed E-state index contributed by atoms with van der Waals surface area (Å²) >= 11 is 0. The standard InChI is InChI=1S/C13H21NO2/c1-10-8-13(16-3)12(15)9-11(10)6-4-5-7-14-2/h8-9,14-15H,4-7H2,1-3H3. The second-order valence-electron chi connectivity index (χ2n) is 4.01. The molecule has 90 valence electrons. The summed E-state index contributed by atoms with van der Waals surface area (Å²) in [5, 5.41) is 12.8. The van der Waals surface area contributed by atoms with E-state index in [-0.39, 0.29) is 5.75 Å². The summed E-state index contributed by atoms with van der Waals surface area (Å²) < 4.78 is 5.06. The number of aryl methyl sites for hydroxylation is 2. The van der Waals surface area contributed by atoms with Gasteiger partial charge in [0.05, 0.1) is 7.11 Å². The second-order valence-corrected chi connectivity index (χ2v) is 4.01. The molecule has 1 aromatic carbocycles. The van der Waals surface area contributed by atoms with Crippen molar-refractivity contribution in [3.8, 4) is 11.5 Å². The van der Waals surface area contributed by atoms with E-state index in [4.69, 9.17) is 4.74 Å². The predicted octanol–water partition coefficient (Wildman–Crippen LogP) is 2.25. The predicted molar refractivity (Wildman–Crippen MR) is 66.3 cm³/mol. The zero-order chi connectivity index (χ0) is 12.0. The molecule has 2 N–H and O–H groups in total. The number of phenolic OH excluding ortho intramolecular Hbond substituents is 1. The third kappa shape index (κ3) is 3.42. The molecule has 0 aliphatic carbocycles. The fourth-order valence-electron chi connectivity index (χ4n) is 1.76. The lowest BCUT2D eigenvalue weighted by Crippen LogP contribution is -2.07. The number of phenols is 1. The lowest BCUT2D eigenvalue weighted by molar-refractivity contribution is 0.372. The molecule has 16 heavy (non-hydrogen) atoms. The van der Waals surface area contributed by atoms with Crippen molar-refractivity contribution in [3.05, 3.63) is 23.3 Å². The Morgan fingerprint density at radius 2 is 2.06 bits per heavy atom. The number of aromatic hydroxyl groups is 1. The molecule has 3 heteroatoms. The molecule has 1 rings (SSSR count). The Morgan fingerprint density at radius 1 is 1.31 bits per heavy atom. The molecule has 0 fully saturated rings. The van der Waals surface area contributed by atoms with Crippen LogP contribution in [0.1, 0.15) is 24.0 Å². The van der Waals surface area contributed by atoms with Gasteiger partial charge in [-0.3, -0.25) is 0 Å². The van der Waals surface area contributed by atoms with E-state index in [0.29, 0.717) is 5.75 Å². The summed E-state index contributed by atoms with van der Waals surface area (Å²) in [5.74, 6) is 0.785. The Morgan fingerprint density at radius 3 is 2.69 bits per heavy atom. The smallest absolute Gasteiger partial charge is 0.160 e. The number of nitrogens with one attached hydrogen (secondary N) is 1. The van der Waals surface area contributed by atoms with Crippen LogP contribution in [-0.2, 0) is 6.42 Å². The molecule has 0 aliphatic heterocycles. The maximum Gasteiger partial charge on any atom is 0.160 e. The highest BCUT2D eigenvalue weighted by molar-refractivity contribution is 5.46. The van der Waals surface area contributed by atoms with E-state index in [1.54, 1.807) is 7.11 Å². The molecular weight excluding hydrogens is 202 g/mol. The maximum atomic E-state index is 9.68. The Hall–Kier alpha value is -1.22. The molecule has 0 amide bonds. The molecule has 0 aromatic heterocycles. The maximum absolute atomic E-state index is 9.68. The van der Waals surface area contributed by atoms with E-state index in [1.165, 1.54) is 11.1 Å². The van der Waals surface area contributed by atoms with Crippen molar-refractivity contribution in [1.82, 2.24) is 5.32 Å². The Kier molecular flexibility index (Phi) is 5.12. The first-order chi connectivity index (χ1) is 7.69. The first-order valence-electron chi connectivity index (χ1n) is 5.70. The van der Waals surface area contributed by atoms with Crippen LogP contribution in [0, 0.1) is 6.92 Å². The number of ether oxygens (including phenoxy) is 1. The molecule has 3 nitrogen and oxygen atoms in total. The second kappa shape index (κ2) is 6.38. The molecule has 1 aromatic rings. The first kappa shape index (κ1) is 12.8. The highest BCUT2D eigenvalue weighted by Gasteiger charge is 2.06. The number of unbranched alkanes of at least 4 members (excludes halogenated alkanes) is 1. The molecular formula is C13H21NO2. The largest absolute Gasteiger partial charge is 0.504 e. The van der Waals surface area contributed by atoms with Crippen LogP contribution in [0.4, 0.5) is 0 Å². The van der Waals surface area contributed by atoms with Crippen molar-refractivity contribution >= 4 is 0 Å². The van der Waals surface area contributed by atoms with Gasteiger partial charge < -0.3 is 15.2 Å². The lowest BCUT2D eigenvalue weighted by Gasteiger charge is -2.10. The van der Waals surface area contributed by atoms with Gasteiger partial charge in [0.15, 0.2) is 11.5 Å². The minimum Gasteiger partial charge on any atom is -0.504 e. The van der Waals surface area contributed by atoms with E-state index in [1.807, 2.05) is 19.2 Å². The van der Waals surface area contributed by atoms with Gasteiger partial charge in [0.2, 0.25) is 0 Å². The number of hydrogen-bond donors (Lipinski definition) is 2. The number of rotatable bonds is 6. The average molecular weight is 223 g/mol. The van der Waals surface area contributed by atoms with Gasteiger partial charge in [-0.15, -0.1) is 0 Å². The van der Waals surface area contributed by atoms with E-state index < -0.39 is 0 Å². The van der Waals surface area contributed by atoms with Crippen molar-refractivity contribution in [1.29, 1.82) is 0 Å². The molecule has 0 spiro atoms. The molecule has 0 bridgehead atoms. The van der Waals surface area contributed by atoms with Crippen molar-refractivity contribution in [3.63, 3.8) is 0 Å². The third-order valence-electron chi connectivity index (χ3n) is 2.76. The van der Waals surface area contributed by atoms with Crippen molar-refractivity contribution in [2.45, 2.75) is 26.2 Å². The fraction of sp³-hybridized carbons (Fsp3) is 0.538. The SMILES string of the molecule is CNCCCCc1cc(O)c(OC)cc1C. The van der Waals surface area contributed by atoms with Crippen LogP contribution < -0.4 is 10.1 Å². The Labute approximate surface area is 97.4 Å². The van der Waals surface area contributed by atoms with Gasteiger partial charge in [0.1, 0.15) is 0 Å². The highest BCUT2D eigenvalue weighted by atomic mass is 16.5. The third-order valence-corrected chi connectivity index (χ3v) is 2.76. The van der Waals surface area contributed by atoms with Crippen molar-refractivity contribution in [2.24, 2.45) is 0 Å². The number of hydrogen-bond acceptors (Lipinski definition) is 3. The van der Waals surface area contributed by atoms with Crippen LogP contribution in [0.15, 0.2) is 12.1 Å². The molecule has 0 unspecified atom stereocenters. The van der Waals surface area contributed by atoms with E-state index in [0.717, 1.165) is 25.8 Å². The Bertz CT molecular complexity index is 337. The van der Waals surface area contributed by atoms with E-state index in [9.17, 15) is 5.11 Å². The summed E-state index contributed by atoms with van der Waals surface area (Å²) in [4.78, 5) is 0. The van der Waals surface area contributed by atoms with Gasteiger partial charge in [-0.2, -0.15) is 0 Å². The normalized spacial score (nSPS) is 10.4. The molecule has 0 saturated carbocycles. The van der Waals surface area contributed by atoms with E-state index >= 15 is 0 Å². The van der Waals surface area contributed by atoms with Crippen LogP contribution in [0.2, 0.25) is 0 Å². The summed E-state index contributed by atoms with van der Waals surface area (Å²) in [6.45, 7) is 3.09. The molecule has 0 aliphatic rings. The average Bonchev–Trinajstić information content (AvgIpc) is 2.28.